The molecule has 1 aromatic carbocycles. The number of anilines is 1. The molecule has 0 saturated heterocycles. The minimum absolute atomic E-state index is 0.320. The van der Waals surface area contributed by atoms with E-state index in [1.807, 2.05) is 19.3 Å². The molecule has 1 aliphatic carbocycles. The fraction of sp³-hybridized carbons (Fsp3) is 0.333. The lowest BCUT2D eigenvalue weighted by atomic mass is 9.88. The van der Waals surface area contributed by atoms with E-state index in [4.69, 9.17) is 0 Å². The van der Waals surface area contributed by atoms with E-state index in [-0.39, 0.29) is 0 Å². The lowest BCUT2D eigenvalue weighted by Gasteiger charge is -2.26. The fourth-order valence-electron chi connectivity index (χ4n) is 3.38. The maximum Gasteiger partial charge on any atom is 0.180 e. The summed E-state index contributed by atoms with van der Waals surface area (Å²) in [6, 6.07) is 9.04. The predicted molar refractivity (Wildman–Crippen MR) is 88.2 cm³/mol. The number of hydrogen-bond acceptors (Lipinski definition) is 3. The Labute approximate surface area is 130 Å². The van der Waals surface area contributed by atoms with Crippen LogP contribution in [-0.2, 0) is 6.42 Å². The molecule has 0 fully saturated rings. The van der Waals surface area contributed by atoms with E-state index >= 15 is 0 Å². The Balaban J connectivity index is 1.75. The molecule has 4 nitrogen and oxygen atoms in total. The van der Waals surface area contributed by atoms with Gasteiger partial charge in [0.05, 0.1) is 11.7 Å². The highest BCUT2D eigenvalue weighted by atomic mass is 15.1. The second-order valence-corrected chi connectivity index (χ2v) is 6.04. The second kappa shape index (κ2) is 5.13. The van der Waals surface area contributed by atoms with Crippen LogP contribution in [0.1, 0.15) is 41.4 Å². The van der Waals surface area contributed by atoms with Crippen LogP contribution in [0.4, 0.5) is 5.82 Å². The van der Waals surface area contributed by atoms with Gasteiger partial charge in [-0.15, -0.1) is 0 Å². The van der Waals surface area contributed by atoms with E-state index in [0.717, 1.165) is 23.6 Å². The van der Waals surface area contributed by atoms with Gasteiger partial charge in [0.25, 0.3) is 0 Å². The molecule has 1 atom stereocenters. The topological polar surface area (TPSA) is 42.2 Å². The quantitative estimate of drug-likeness (QED) is 0.780. The smallest absolute Gasteiger partial charge is 0.180 e. The molecule has 0 amide bonds. The third-order valence-electron chi connectivity index (χ3n) is 4.70. The number of fused-ring (bicyclic) bond motifs is 2. The summed E-state index contributed by atoms with van der Waals surface area (Å²) < 4.78 is 2.11. The van der Waals surface area contributed by atoms with Crippen molar-refractivity contribution in [3.63, 3.8) is 0 Å². The molecule has 4 heteroatoms. The molecule has 22 heavy (non-hydrogen) atoms. The van der Waals surface area contributed by atoms with Gasteiger partial charge in [-0.3, -0.25) is 4.40 Å². The van der Waals surface area contributed by atoms with Gasteiger partial charge in [0.2, 0.25) is 0 Å². The Morgan fingerprint density at radius 2 is 2.09 bits per heavy atom. The van der Waals surface area contributed by atoms with Crippen molar-refractivity contribution >= 4 is 11.5 Å². The van der Waals surface area contributed by atoms with Crippen molar-refractivity contribution in [2.75, 3.05) is 5.32 Å². The van der Waals surface area contributed by atoms with E-state index in [2.05, 4.69) is 50.9 Å². The number of aryl methyl sites for hydroxylation is 3. The molecule has 2 aromatic heterocycles. The molecule has 112 valence electrons. The number of nitrogens with zero attached hydrogens (tertiary/aromatic N) is 3. The lowest BCUT2D eigenvalue weighted by molar-refractivity contribution is 0.599. The molecule has 2 heterocycles. The van der Waals surface area contributed by atoms with Crippen LogP contribution < -0.4 is 5.32 Å². The highest BCUT2D eigenvalue weighted by Crippen LogP contribution is 2.32. The van der Waals surface area contributed by atoms with Gasteiger partial charge in [0.1, 0.15) is 0 Å². The van der Waals surface area contributed by atoms with E-state index in [9.17, 15) is 0 Å². The molecule has 1 N–H and O–H groups in total. The molecule has 0 aliphatic heterocycles. The zero-order valence-corrected chi connectivity index (χ0v) is 13.0. The molecule has 0 saturated carbocycles. The van der Waals surface area contributed by atoms with Gasteiger partial charge >= 0.3 is 0 Å². The van der Waals surface area contributed by atoms with Crippen LogP contribution in [0, 0.1) is 13.8 Å². The van der Waals surface area contributed by atoms with Crippen LogP contribution in [0.25, 0.3) is 5.65 Å². The molecular weight excluding hydrogens is 272 g/mol. The minimum atomic E-state index is 0.320. The van der Waals surface area contributed by atoms with Crippen molar-refractivity contribution in [2.45, 2.75) is 39.2 Å². The van der Waals surface area contributed by atoms with Crippen LogP contribution in [0.5, 0.6) is 0 Å². The summed E-state index contributed by atoms with van der Waals surface area (Å²) in [7, 11) is 0. The van der Waals surface area contributed by atoms with E-state index < -0.39 is 0 Å². The molecular formula is C18H20N4. The number of nitrogens with one attached hydrogen (secondary N) is 1. The highest BCUT2D eigenvalue weighted by Gasteiger charge is 2.21. The van der Waals surface area contributed by atoms with Crippen molar-refractivity contribution in [3.8, 4) is 0 Å². The zero-order chi connectivity index (χ0) is 15.1. The molecule has 0 radical (unpaired) electrons. The van der Waals surface area contributed by atoms with E-state index in [1.54, 1.807) is 0 Å². The Morgan fingerprint density at radius 1 is 1.23 bits per heavy atom. The number of imidazole rings is 1. The van der Waals surface area contributed by atoms with Crippen molar-refractivity contribution in [3.05, 3.63) is 59.2 Å². The van der Waals surface area contributed by atoms with Crippen LogP contribution in [0.3, 0.4) is 0 Å². The van der Waals surface area contributed by atoms with Crippen molar-refractivity contribution in [2.24, 2.45) is 0 Å². The second-order valence-electron chi connectivity index (χ2n) is 6.04. The highest BCUT2D eigenvalue weighted by molar-refractivity contribution is 5.64. The first-order valence-corrected chi connectivity index (χ1v) is 7.88. The largest absolute Gasteiger partial charge is 0.360 e. The van der Waals surface area contributed by atoms with Crippen LogP contribution in [0.2, 0.25) is 0 Å². The van der Waals surface area contributed by atoms with Gasteiger partial charge in [0.15, 0.2) is 11.5 Å². The average Bonchev–Trinajstić information content (AvgIpc) is 2.84. The Bertz CT molecular complexity index is 834. The summed E-state index contributed by atoms with van der Waals surface area (Å²) in [6.07, 6.45) is 7.35. The summed E-state index contributed by atoms with van der Waals surface area (Å²) in [5.74, 6) is 0.875. The molecule has 4 rings (SSSR count). The minimum Gasteiger partial charge on any atom is -0.360 e. The SMILES string of the molecule is Cc1nc2c(NC3CCCc4ccccc43)nccn2c1C. The average molecular weight is 292 g/mol. The first-order valence-electron chi connectivity index (χ1n) is 7.88. The molecule has 1 aliphatic rings. The monoisotopic (exact) mass is 292 g/mol. The number of hydrogen-bond donors (Lipinski definition) is 1. The summed E-state index contributed by atoms with van der Waals surface area (Å²) in [4.78, 5) is 9.21. The summed E-state index contributed by atoms with van der Waals surface area (Å²) in [5, 5.41) is 3.63. The summed E-state index contributed by atoms with van der Waals surface area (Å²) in [6.45, 7) is 4.14. The normalized spacial score (nSPS) is 17.5. The van der Waals surface area contributed by atoms with Crippen molar-refractivity contribution in [1.29, 1.82) is 0 Å². The third-order valence-corrected chi connectivity index (χ3v) is 4.70. The van der Waals surface area contributed by atoms with Gasteiger partial charge in [-0.25, -0.2) is 9.97 Å². The number of rotatable bonds is 2. The first kappa shape index (κ1) is 13.3. The molecule has 3 aromatic rings. The standard InChI is InChI=1S/C18H20N4/c1-12-13(2)22-11-10-19-17(18(22)20-12)21-16-9-5-7-14-6-3-4-8-15(14)16/h3-4,6,8,10-11,16H,5,7,9H2,1-2H3,(H,19,21). The van der Waals surface area contributed by atoms with E-state index in [0.29, 0.717) is 6.04 Å². The number of benzene rings is 1. The fourth-order valence-corrected chi connectivity index (χ4v) is 3.38. The van der Waals surface area contributed by atoms with Gasteiger partial charge in [-0.05, 0) is 44.2 Å². The van der Waals surface area contributed by atoms with Gasteiger partial charge in [0, 0.05) is 18.1 Å². The Hall–Kier alpha value is -2.36. The predicted octanol–water partition coefficient (Wildman–Crippen LogP) is 3.84. The Morgan fingerprint density at radius 3 is 3.00 bits per heavy atom. The Kier molecular flexibility index (Phi) is 3.10. The maximum absolute atomic E-state index is 4.67. The molecule has 0 bridgehead atoms. The van der Waals surface area contributed by atoms with Gasteiger partial charge < -0.3 is 5.32 Å². The van der Waals surface area contributed by atoms with Gasteiger partial charge in [-0.1, -0.05) is 24.3 Å². The van der Waals surface area contributed by atoms with E-state index in [1.165, 1.54) is 29.7 Å². The van der Waals surface area contributed by atoms with Crippen molar-refractivity contribution < 1.29 is 0 Å². The third kappa shape index (κ3) is 2.06. The first-order chi connectivity index (χ1) is 10.7. The van der Waals surface area contributed by atoms with Crippen LogP contribution >= 0.6 is 0 Å². The summed E-state index contributed by atoms with van der Waals surface area (Å²) >= 11 is 0. The number of aromatic nitrogens is 3. The lowest BCUT2D eigenvalue weighted by Crippen LogP contribution is -2.18. The summed E-state index contributed by atoms with van der Waals surface area (Å²) in [5.41, 5.74) is 6.00. The maximum atomic E-state index is 4.67. The molecule has 1 unspecified atom stereocenters. The zero-order valence-electron chi connectivity index (χ0n) is 13.0. The van der Waals surface area contributed by atoms with Crippen LogP contribution in [-0.4, -0.2) is 14.4 Å². The van der Waals surface area contributed by atoms with Gasteiger partial charge in [-0.2, -0.15) is 0 Å². The van der Waals surface area contributed by atoms with Crippen LogP contribution in [0.15, 0.2) is 36.7 Å². The molecule has 0 spiro atoms. The van der Waals surface area contributed by atoms with Crippen molar-refractivity contribution in [1.82, 2.24) is 14.4 Å².